The fraction of sp³-hybridized carbons (Fsp3) is 0.522. The number of guanidine groups is 1. The molecule has 0 bridgehead atoms. The number of rotatable bonds is 4. The van der Waals surface area contributed by atoms with Gasteiger partial charge < -0.3 is 19.9 Å². The summed E-state index contributed by atoms with van der Waals surface area (Å²) in [7, 11) is 1.86. The van der Waals surface area contributed by atoms with Gasteiger partial charge in [-0.05, 0) is 31.4 Å². The molecule has 0 spiro atoms. The zero-order valence-electron chi connectivity index (χ0n) is 18.4. The molecule has 2 atom stereocenters. The Balaban J connectivity index is 0.00000272. The van der Waals surface area contributed by atoms with E-state index in [4.69, 9.17) is 4.74 Å². The lowest BCUT2D eigenvalue weighted by Gasteiger charge is -2.38. The van der Waals surface area contributed by atoms with Crippen molar-refractivity contribution in [1.82, 2.24) is 20.2 Å². The maximum atomic E-state index is 6.18. The molecule has 8 heteroatoms. The van der Waals surface area contributed by atoms with E-state index in [0.717, 1.165) is 57.7 Å². The Morgan fingerprint density at radius 1 is 1.13 bits per heavy atom. The predicted octanol–water partition coefficient (Wildman–Crippen LogP) is 3.27. The van der Waals surface area contributed by atoms with Crippen molar-refractivity contribution in [3.05, 3.63) is 53.9 Å². The van der Waals surface area contributed by atoms with E-state index in [1.807, 2.05) is 13.1 Å². The van der Waals surface area contributed by atoms with E-state index < -0.39 is 0 Å². The van der Waals surface area contributed by atoms with Crippen LogP contribution in [0.25, 0.3) is 0 Å². The second-order valence-corrected chi connectivity index (χ2v) is 8.06. The van der Waals surface area contributed by atoms with Crippen LogP contribution in [0.15, 0.2) is 47.7 Å². The quantitative estimate of drug-likeness (QED) is 0.368. The molecular formula is C23H33IN6O. The van der Waals surface area contributed by atoms with Crippen molar-refractivity contribution in [3.63, 3.8) is 0 Å². The minimum Gasteiger partial charge on any atom is -0.373 e. The SMILES string of the molecule is CN=C(NCC1CCCOC1c1ccc(C)cc1)N1CCN(c2ncccn2)CC1.I. The van der Waals surface area contributed by atoms with Crippen molar-refractivity contribution in [1.29, 1.82) is 0 Å². The molecule has 1 aromatic carbocycles. The molecule has 0 aliphatic carbocycles. The van der Waals surface area contributed by atoms with E-state index >= 15 is 0 Å². The van der Waals surface area contributed by atoms with Crippen LogP contribution >= 0.6 is 24.0 Å². The van der Waals surface area contributed by atoms with Crippen LogP contribution in [0.2, 0.25) is 0 Å². The molecule has 0 saturated carbocycles. The molecule has 1 aromatic heterocycles. The number of nitrogens with zero attached hydrogens (tertiary/aromatic N) is 5. The van der Waals surface area contributed by atoms with Gasteiger partial charge in [0.2, 0.25) is 5.95 Å². The molecule has 0 amide bonds. The van der Waals surface area contributed by atoms with Crippen molar-refractivity contribution < 1.29 is 4.74 Å². The first-order chi connectivity index (χ1) is 14.7. The Hall–Kier alpha value is -1.94. The van der Waals surface area contributed by atoms with Crippen molar-refractivity contribution in [2.24, 2.45) is 10.9 Å². The smallest absolute Gasteiger partial charge is 0.225 e. The molecule has 1 N–H and O–H groups in total. The minimum absolute atomic E-state index is 0. The molecule has 2 unspecified atom stereocenters. The first-order valence-electron chi connectivity index (χ1n) is 10.9. The van der Waals surface area contributed by atoms with Gasteiger partial charge in [-0.25, -0.2) is 9.97 Å². The highest BCUT2D eigenvalue weighted by atomic mass is 127. The highest BCUT2D eigenvalue weighted by Crippen LogP contribution is 2.33. The summed E-state index contributed by atoms with van der Waals surface area (Å²) in [5.74, 6) is 2.22. The van der Waals surface area contributed by atoms with Gasteiger partial charge in [-0.3, -0.25) is 4.99 Å². The Kier molecular flexibility index (Phi) is 8.89. The van der Waals surface area contributed by atoms with Gasteiger partial charge in [0.05, 0.1) is 6.10 Å². The second kappa shape index (κ2) is 11.6. The number of anilines is 1. The van der Waals surface area contributed by atoms with Gasteiger partial charge in [0.25, 0.3) is 0 Å². The van der Waals surface area contributed by atoms with Gasteiger partial charge >= 0.3 is 0 Å². The van der Waals surface area contributed by atoms with Crippen LogP contribution in [0.1, 0.15) is 30.1 Å². The van der Waals surface area contributed by atoms with Crippen LogP contribution in [0.3, 0.4) is 0 Å². The van der Waals surface area contributed by atoms with Crippen LogP contribution in [0.4, 0.5) is 5.95 Å². The molecular weight excluding hydrogens is 503 g/mol. The molecule has 2 aromatic rings. The van der Waals surface area contributed by atoms with E-state index in [2.05, 4.69) is 61.3 Å². The normalized spacial score (nSPS) is 22.1. The zero-order valence-corrected chi connectivity index (χ0v) is 20.7. The number of piperazine rings is 1. The lowest BCUT2D eigenvalue weighted by atomic mass is 9.89. The number of hydrogen-bond acceptors (Lipinski definition) is 5. The third-order valence-corrected chi connectivity index (χ3v) is 6.00. The summed E-state index contributed by atoms with van der Waals surface area (Å²) in [4.78, 5) is 17.8. The number of hydrogen-bond donors (Lipinski definition) is 1. The molecule has 2 fully saturated rings. The van der Waals surface area contributed by atoms with Crippen LogP contribution < -0.4 is 10.2 Å². The molecule has 4 rings (SSSR count). The zero-order chi connectivity index (χ0) is 20.8. The first-order valence-corrected chi connectivity index (χ1v) is 10.9. The van der Waals surface area contributed by atoms with Crippen molar-refractivity contribution in [2.75, 3.05) is 51.3 Å². The number of benzene rings is 1. The molecule has 0 radical (unpaired) electrons. The van der Waals surface area contributed by atoms with E-state index in [0.29, 0.717) is 5.92 Å². The Morgan fingerprint density at radius 3 is 2.52 bits per heavy atom. The van der Waals surface area contributed by atoms with Crippen LogP contribution in [0, 0.1) is 12.8 Å². The van der Waals surface area contributed by atoms with Crippen LogP contribution in [0.5, 0.6) is 0 Å². The molecule has 168 valence electrons. The molecule has 3 heterocycles. The molecule has 2 aliphatic heterocycles. The number of aliphatic imine (C=N–C) groups is 1. The Bertz CT molecular complexity index is 824. The highest BCUT2D eigenvalue weighted by molar-refractivity contribution is 14.0. The summed E-state index contributed by atoms with van der Waals surface area (Å²) in [5, 5.41) is 3.62. The van der Waals surface area contributed by atoms with Gasteiger partial charge in [-0.1, -0.05) is 29.8 Å². The van der Waals surface area contributed by atoms with Crippen molar-refractivity contribution >= 4 is 35.9 Å². The van der Waals surface area contributed by atoms with E-state index in [9.17, 15) is 0 Å². The summed E-state index contributed by atoms with van der Waals surface area (Å²) in [6.45, 7) is 7.42. The molecule has 2 saturated heterocycles. The average Bonchev–Trinajstić information content (AvgIpc) is 2.81. The maximum absolute atomic E-state index is 6.18. The largest absolute Gasteiger partial charge is 0.373 e. The van der Waals surface area contributed by atoms with Gasteiger partial charge in [-0.15, -0.1) is 24.0 Å². The Morgan fingerprint density at radius 2 is 1.84 bits per heavy atom. The van der Waals surface area contributed by atoms with Crippen LogP contribution in [-0.2, 0) is 4.74 Å². The molecule has 2 aliphatic rings. The van der Waals surface area contributed by atoms with Gasteiger partial charge in [0.15, 0.2) is 5.96 Å². The van der Waals surface area contributed by atoms with E-state index in [1.54, 1.807) is 12.4 Å². The minimum atomic E-state index is 0. The monoisotopic (exact) mass is 536 g/mol. The highest BCUT2D eigenvalue weighted by Gasteiger charge is 2.28. The molecule has 7 nitrogen and oxygen atoms in total. The third-order valence-electron chi connectivity index (χ3n) is 6.00. The summed E-state index contributed by atoms with van der Waals surface area (Å²) in [5.41, 5.74) is 2.56. The summed E-state index contributed by atoms with van der Waals surface area (Å²) < 4.78 is 6.18. The fourth-order valence-electron chi connectivity index (χ4n) is 4.30. The summed E-state index contributed by atoms with van der Waals surface area (Å²) >= 11 is 0. The maximum Gasteiger partial charge on any atom is 0.225 e. The van der Waals surface area contributed by atoms with Gasteiger partial charge in [0, 0.05) is 64.7 Å². The number of nitrogens with one attached hydrogen (secondary N) is 1. The van der Waals surface area contributed by atoms with E-state index in [-0.39, 0.29) is 30.1 Å². The van der Waals surface area contributed by atoms with Crippen molar-refractivity contribution in [2.45, 2.75) is 25.9 Å². The number of halogens is 1. The molecule has 31 heavy (non-hydrogen) atoms. The third kappa shape index (κ3) is 6.06. The van der Waals surface area contributed by atoms with Crippen molar-refractivity contribution in [3.8, 4) is 0 Å². The van der Waals surface area contributed by atoms with Gasteiger partial charge in [0.1, 0.15) is 0 Å². The number of ether oxygens (including phenoxy) is 1. The average molecular weight is 536 g/mol. The standard InChI is InChI=1S/C23H32N6O.HI/c1-18-6-8-19(9-7-18)21-20(5-3-16-30-21)17-27-22(24-2)28-12-14-29(15-13-28)23-25-10-4-11-26-23;/h4,6-11,20-21H,3,5,12-17H2,1-2H3,(H,24,27);1H. The van der Waals surface area contributed by atoms with Crippen LogP contribution in [-0.4, -0.2) is 67.2 Å². The topological polar surface area (TPSA) is 65.9 Å². The van der Waals surface area contributed by atoms with Gasteiger partial charge in [-0.2, -0.15) is 0 Å². The van der Waals surface area contributed by atoms with E-state index in [1.165, 1.54) is 17.5 Å². The number of aryl methyl sites for hydroxylation is 1. The number of aromatic nitrogens is 2. The fourth-order valence-corrected chi connectivity index (χ4v) is 4.30. The summed E-state index contributed by atoms with van der Waals surface area (Å²) in [6.07, 6.45) is 6.03. The lowest BCUT2D eigenvalue weighted by molar-refractivity contribution is -0.0266. The first kappa shape index (κ1) is 23.7. The second-order valence-electron chi connectivity index (χ2n) is 8.06. The Labute approximate surface area is 202 Å². The summed E-state index contributed by atoms with van der Waals surface area (Å²) in [6, 6.07) is 10.6. The predicted molar refractivity (Wildman–Crippen MR) is 135 cm³/mol. The lowest BCUT2D eigenvalue weighted by Crippen LogP contribution is -2.53.